The van der Waals surface area contributed by atoms with E-state index in [4.69, 9.17) is 0 Å². The molecule has 0 radical (unpaired) electrons. The number of halogens is 3. The van der Waals surface area contributed by atoms with Gasteiger partial charge in [0.25, 0.3) is 10.0 Å². The summed E-state index contributed by atoms with van der Waals surface area (Å²) in [6.45, 7) is 3.93. The Morgan fingerprint density at radius 3 is 2.28 bits per heavy atom. The van der Waals surface area contributed by atoms with Gasteiger partial charge in [0.05, 0.1) is 36.9 Å². The minimum absolute atomic E-state index is 0.00887. The highest BCUT2D eigenvalue weighted by Crippen LogP contribution is 2.31. The average Bonchev–Trinajstić information content (AvgIpc) is 3.33. The Kier molecular flexibility index (Phi) is 8.80. The van der Waals surface area contributed by atoms with Crippen molar-refractivity contribution in [2.45, 2.75) is 44.6 Å². The third-order valence-electron chi connectivity index (χ3n) is 5.84. The van der Waals surface area contributed by atoms with Gasteiger partial charge >= 0.3 is 6.18 Å². The zero-order valence-corrected chi connectivity index (χ0v) is 22.2. The third kappa shape index (κ3) is 7.86. The Morgan fingerprint density at radius 2 is 1.74 bits per heavy atom. The minimum Gasteiger partial charge on any atom is -0.530 e. The van der Waals surface area contributed by atoms with Crippen LogP contribution in [0.5, 0.6) is 0 Å². The van der Waals surface area contributed by atoms with E-state index in [1.165, 1.54) is 41.2 Å². The van der Waals surface area contributed by atoms with Crippen LogP contribution in [0.25, 0.3) is 11.3 Å². The summed E-state index contributed by atoms with van der Waals surface area (Å²) in [5.74, 6) is -0.723. The van der Waals surface area contributed by atoms with E-state index >= 15 is 0 Å². The van der Waals surface area contributed by atoms with Crippen LogP contribution in [0, 0.1) is 5.41 Å². The van der Waals surface area contributed by atoms with Gasteiger partial charge in [0.1, 0.15) is 6.09 Å². The maximum atomic E-state index is 12.9. The van der Waals surface area contributed by atoms with Crippen LogP contribution in [0.4, 0.5) is 18.0 Å². The Bertz CT molecular complexity index is 1400. The Hall–Kier alpha value is -3.78. The molecule has 2 aromatic heterocycles. The standard InChI is InChI=1S/C25H28F3N5O5S/c1-24(2,3)21(16-32-13-11-20(31-32)17-7-9-18(10-8-17)25(26,27)28)33(23(35)36)15-19(34)14-30-39(37,38)22-6-4-5-12-29-22/h4-13,21,30H,14-16H2,1-3H3,(H,35,36)/p-1/t21-/m1/s1. The van der Waals surface area contributed by atoms with Crippen LogP contribution < -0.4 is 9.83 Å². The fourth-order valence-corrected chi connectivity index (χ4v) is 4.72. The summed E-state index contributed by atoms with van der Waals surface area (Å²) in [5, 5.41) is 16.1. The maximum absolute atomic E-state index is 12.9. The number of nitrogens with one attached hydrogen (secondary N) is 1. The topological polar surface area (TPSA) is 137 Å². The molecule has 0 fully saturated rings. The Labute approximate surface area is 223 Å². The molecule has 0 saturated carbocycles. The van der Waals surface area contributed by atoms with Crippen LogP contribution >= 0.6 is 0 Å². The van der Waals surface area contributed by atoms with Crippen LogP contribution in [0.2, 0.25) is 0 Å². The lowest BCUT2D eigenvalue weighted by atomic mass is 9.85. The Morgan fingerprint density at radius 1 is 1.08 bits per heavy atom. The molecule has 1 amide bonds. The van der Waals surface area contributed by atoms with E-state index in [-0.39, 0.29) is 11.6 Å². The van der Waals surface area contributed by atoms with E-state index in [2.05, 4.69) is 14.8 Å². The molecule has 0 saturated heterocycles. The fourth-order valence-electron chi connectivity index (χ4n) is 3.77. The van der Waals surface area contributed by atoms with Gasteiger partial charge in [-0.25, -0.2) is 18.1 Å². The molecule has 210 valence electrons. The number of hydrogen-bond acceptors (Lipinski definition) is 7. The molecule has 10 nitrogen and oxygen atoms in total. The van der Waals surface area contributed by atoms with Crippen molar-refractivity contribution in [3.63, 3.8) is 0 Å². The molecule has 1 aromatic carbocycles. The predicted molar refractivity (Wildman–Crippen MR) is 132 cm³/mol. The zero-order chi connectivity index (χ0) is 29.0. The second-order valence-electron chi connectivity index (χ2n) is 9.80. The predicted octanol–water partition coefficient (Wildman–Crippen LogP) is 2.57. The quantitative estimate of drug-likeness (QED) is 0.398. The number of alkyl halides is 3. The number of amides is 1. The molecule has 0 bridgehead atoms. The lowest BCUT2D eigenvalue weighted by Gasteiger charge is -2.41. The molecular formula is C25H27F3N5O5S-. The number of carboxylic acid groups (broad SMARTS) is 1. The third-order valence-corrected chi connectivity index (χ3v) is 7.15. The highest BCUT2D eigenvalue weighted by molar-refractivity contribution is 7.89. The van der Waals surface area contributed by atoms with Crippen LogP contribution in [0.3, 0.4) is 0 Å². The summed E-state index contributed by atoms with van der Waals surface area (Å²) in [6, 6.07) is 9.44. The van der Waals surface area contributed by atoms with E-state index in [9.17, 15) is 36.3 Å². The largest absolute Gasteiger partial charge is 0.530 e. The minimum atomic E-state index is -4.47. The van der Waals surface area contributed by atoms with Gasteiger partial charge in [0.15, 0.2) is 10.8 Å². The van der Waals surface area contributed by atoms with Gasteiger partial charge in [-0.2, -0.15) is 18.3 Å². The van der Waals surface area contributed by atoms with Gasteiger partial charge < -0.3 is 14.8 Å². The van der Waals surface area contributed by atoms with Gasteiger partial charge in [-0.1, -0.05) is 39.0 Å². The summed E-state index contributed by atoms with van der Waals surface area (Å²) in [6.07, 6.45) is -3.28. The molecule has 1 atom stereocenters. The molecule has 0 spiro atoms. The van der Waals surface area contributed by atoms with E-state index < -0.39 is 58.2 Å². The van der Waals surface area contributed by atoms with Gasteiger partial charge in [0.2, 0.25) is 0 Å². The average molecular weight is 567 g/mol. The number of Topliss-reactive ketones (excluding diaryl/α,β-unsaturated/α-hetero) is 1. The molecule has 1 N–H and O–H groups in total. The van der Waals surface area contributed by atoms with Crippen molar-refractivity contribution in [3.8, 4) is 11.3 Å². The highest BCUT2D eigenvalue weighted by atomic mass is 32.2. The number of carbonyl (C=O) groups is 2. The first-order chi connectivity index (χ1) is 18.1. The van der Waals surface area contributed by atoms with Crippen LogP contribution in [-0.2, 0) is 27.5 Å². The number of sulfonamides is 1. The molecule has 0 unspecified atom stereocenters. The first-order valence-corrected chi connectivity index (χ1v) is 13.2. The smallest absolute Gasteiger partial charge is 0.416 e. The van der Waals surface area contributed by atoms with Crippen LogP contribution in [-0.4, -0.2) is 59.1 Å². The molecular weight excluding hydrogens is 539 g/mol. The number of aromatic nitrogens is 3. The summed E-state index contributed by atoms with van der Waals surface area (Å²) in [4.78, 5) is 29.2. The van der Waals surface area contributed by atoms with Gasteiger partial charge in [-0.15, -0.1) is 0 Å². The van der Waals surface area contributed by atoms with E-state index in [1.54, 1.807) is 33.0 Å². The fraction of sp³-hybridized carbons (Fsp3) is 0.360. The second-order valence-corrected chi connectivity index (χ2v) is 11.5. The molecule has 3 aromatic rings. The van der Waals surface area contributed by atoms with E-state index in [0.717, 1.165) is 17.0 Å². The molecule has 0 aliphatic heterocycles. The zero-order valence-electron chi connectivity index (χ0n) is 21.3. The molecule has 2 heterocycles. The van der Waals surface area contributed by atoms with E-state index in [1.807, 2.05) is 0 Å². The molecule has 0 aliphatic rings. The monoisotopic (exact) mass is 566 g/mol. The number of ketones is 1. The van der Waals surface area contributed by atoms with Crippen molar-refractivity contribution >= 4 is 21.9 Å². The van der Waals surface area contributed by atoms with Crippen molar-refractivity contribution in [2.24, 2.45) is 5.41 Å². The molecule has 0 aliphatic carbocycles. The summed E-state index contributed by atoms with van der Waals surface area (Å²) < 4.78 is 66.8. The maximum Gasteiger partial charge on any atom is 0.416 e. The van der Waals surface area contributed by atoms with Gasteiger partial charge in [0, 0.05) is 18.0 Å². The van der Waals surface area contributed by atoms with Crippen molar-refractivity contribution < 1.29 is 36.3 Å². The van der Waals surface area contributed by atoms with Gasteiger partial charge in [-0.05, 0) is 35.7 Å². The van der Waals surface area contributed by atoms with Crippen LogP contribution in [0.15, 0.2) is 66.0 Å². The van der Waals surface area contributed by atoms with Gasteiger partial charge in [-0.3, -0.25) is 9.48 Å². The summed E-state index contributed by atoms with van der Waals surface area (Å²) in [5.41, 5.74) is -0.707. The Balaban J connectivity index is 1.74. The number of rotatable bonds is 10. The van der Waals surface area contributed by atoms with Crippen molar-refractivity contribution in [3.05, 3.63) is 66.5 Å². The number of nitrogens with zero attached hydrogens (tertiary/aromatic N) is 4. The first kappa shape index (κ1) is 29.8. The van der Waals surface area contributed by atoms with E-state index in [0.29, 0.717) is 11.3 Å². The second kappa shape index (κ2) is 11.5. The lowest BCUT2D eigenvalue weighted by Crippen LogP contribution is -2.56. The summed E-state index contributed by atoms with van der Waals surface area (Å²) in [7, 11) is -4.08. The number of carbonyl (C=O) groups excluding carboxylic acids is 2. The van der Waals surface area contributed by atoms with Crippen molar-refractivity contribution in [1.29, 1.82) is 0 Å². The lowest BCUT2D eigenvalue weighted by molar-refractivity contribution is -0.270. The van der Waals surface area contributed by atoms with Crippen molar-refractivity contribution in [1.82, 2.24) is 24.4 Å². The number of benzene rings is 1. The SMILES string of the molecule is CC(C)(C)[C@@H](Cn1ccc(-c2ccc(C(F)(F)F)cc2)n1)N(CC(=O)CNS(=O)(=O)c1ccccn1)C(=O)[O-]. The number of pyridine rings is 1. The normalized spacial score (nSPS) is 13.2. The molecule has 14 heteroatoms. The molecule has 3 rings (SSSR count). The van der Waals surface area contributed by atoms with Crippen LogP contribution in [0.1, 0.15) is 26.3 Å². The first-order valence-electron chi connectivity index (χ1n) is 11.7. The summed E-state index contributed by atoms with van der Waals surface area (Å²) >= 11 is 0. The molecule has 39 heavy (non-hydrogen) atoms. The number of hydrogen-bond donors (Lipinski definition) is 1. The van der Waals surface area contributed by atoms with Crippen molar-refractivity contribution in [2.75, 3.05) is 13.1 Å². The highest BCUT2D eigenvalue weighted by Gasteiger charge is 2.33.